The average Bonchev–Trinajstić information content (AvgIpc) is 3.30. The van der Waals surface area contributed by atoms with Crippen LogP contribution in [0.3, 0.4) is 0 Å². The fourth-order valence-corrected chi connectivity index (χ4v) is 3.88. The van der Waals surface area contributed by atoms with E-state index in [1.54, 1.807) is 13.1 Å². The Morgan fingerprint density at radius 2 is 2.03 bits per heavy atom. The maximum Gasteiger partial charge on any atom is 0.188 e. The molecule has 0 aliphatic heterocycles. The van der Waals surface area contributed by atoms with Crippen LogP contribution < -0.4 is 11.2 Å². The first-order valence-electron chi connectivity index (χ1n) is 10.00. The number of aromatic nitrogens is 4. The highest BCUT2D eigenvalue weighted by molar-refractivity contribution is 7.80. The molecule has 170 valence electrons. The van der Waals surface area contributed by atoms with Gasteiger partial charge in [-0.25, -0.2) is 19.6 Å². The van der Waals surface area contributed by atoms with E-state index >= 15 is 0 Å². The minimum absolute atomic E-state index is 0.0653. The summed E-state index contributed by atoms with van der Waals surface area (Å²) < 4.78 is 28.3. The molecule has 0 aliphatic carbocycles. The summed E-state index contributed by atoms with van der Waals surface area (Å²) >= 11 is 5.44. The van der Waals surface area contributed by atoms with Crippen LogP contribution in [0.25, 0.3) is 10.9 Å². The minimum atomic E-state index is -1.94. The van der Waals surface area contributed by atoms with Crippen molar-refractivity contribution in [2.45, 2.75) is 25.0 Å². The Bertz CT molecular complexity index is 1290. The van der Waals surface area contributed by atoms with Gasteiger partial charge >= 0.3 is 0 Å². The number of anilines is 1. The molecule has 2 atom stereocenters. The van der Waals surface area contributed by atoms with Crippen molar-refractivity contribution >= 4 is 33.9 Å². The van der Waals surface area contributed by atoms with Crippen LogP contribution >= 0.6 is 12.2 Å². The number of nitrogens with two attached hydrogens (primary N) is 1. The third-order valence-corrected chi connectivity index (χ3v) is 5.79. The second kappa shape index (κ2) is 9.14. The predicted molar refractivity (Wildman–Crippen MR) is 124 cm³/mol. The van der Waals surface area contributed by atoms with Crippen LogP contribution in [-0.4, -0.2) is 41.4 Å². The van der Waals surface area contributed by atoms with E-state index in [0.29, 0.717) is 11.8 Å². The largest absolute Gasteiger partial charge is 0.382 e. The van der Waals surface area contributed by atoms with Crippen LogP contribution in [0.4, 0.5) is 14.5 Å². The number of halogens is 2. The second-order valence-electron chi connectivity index (χ2n) is 7.57. The predicted octanol–water partition coefficient (Wildman–Crippen LogP) is 3.02. The van der Waals surface area contributed by atoms with Crippen molar-refractivity contribution in [3.63, 3.8) is 0 Å². The summed E-state index contributed by atoms with van der Waals surface area (Å²) in [6.45, 7) is 1.57. The number of para-hydroxylation sites is 1. The number of pyridine rings is 1. The smallest absolute Gasteiger partial charge is 0.188 e. The van der Waals surface area contributed by atoms with Crippen molar-refractivity contribution in [1.29, 1.82) is 0 Å². The van der Waals surface area contributed by atoms with E-state index in [0.717, 1.165) is 22.0 Å². The molecule has 0 fully saturated rings. The van der Waals surface area contributed by atoms with Gasteiger partial charge in [-0.2, -0.15) is 5.10 Å². The van der Waals surface area contributed by atoms with E-state index in [1.807, 2.05) is 30.3 Å². The highest BCUT2D eigenvalue weighted by Crippen LogP contribution is 2.33. The van der Waals surface area contributed by atoms with Gasteiger partial charge in [0.2, 0.25) is 0 Å². The molecule has 0 unspecified atom stereocenters. The summed E-state index contributed by atoms with van der Waals surface area (Å²) in [5, 5.41) is 23.2. The maximum atomic E-state index is 14.7. The molecule has 0 saturated carbocycles. The third-order valence-electron chi connectivity index (χ3n) is 5.47. The lowest BCUT2D eigenvalue weighted by molar-refractivity contribution is -0.0301. The molecule has 0 radical (unpaired) electrons. The number of aliphatic hydroxyl groups is 1. The third kappa shape index (κ3) is 4.65. The number of nitrogens with zero attached hydrogens (tertiary/aromatic N) is 4. The van der Waals surface area contributed by atoms with Gasteiger partial charge in [0.1, 0.15) is 23.6 Å². The van der Waals surface area contributed by atoms with E-state index in [4.69, 9.17) is 18.1 Å². The molecule has 0 bridgehead atoms. The van der Waals surface area contributed by atoms with Crippen molar-refractivity contribution in [2.75, 3.05) is 5.32 Å². The first-order chi connectivity index (χ1) is 15.8. The molecule has 2 aromatic heterocycles. The number of rotatable bonds is 6. The van der Waals surface area contributed by atoms with Gasteiger partial charge in [0, 0.05) is 23.4 Å². The molecule has 4 rings (SSSR count). The van der Waals surface area contributed by atoms with Gasteiger partial charge < -0.3 is 10.4 Å². The summed E-state index contributed by atoms with van der Waals surface area (Å²) in [4.78, 5) is 8.39. The number of fused-ring (bicyclic) bond motifs is 1. The van der Waals surface area contributed by atoms with E-state index in [1.165, 1.54) is 12.4 Å². The van der Waals surface area contributed by atoms with Crippen LogP contribution in [0.1, 0.15) is 18.3 Å². The number of H-pyrrole nitrogens is 1. The standard InChI is InChI=1S/C22H21F2N7OS/c1-13(31(25)21(33)29-16-8-14-4-2-3-5-19(14)26-11-16)22(32,10-20-27-12-28-30-20)17-7-6-15(23)9-18(17)24/h2-9,11-13,32H,10,25H2,1H3,(H,29,33)(H,27,28,30)/t13-,22+/m1/s1. The molecule has 11 heteroatoms. The highest BCUT2D eigenvalue weighted by atomic mass is 32.1. The van der Waals surface area contributed by atoms with Crippen LogP contribution in [0, 0.1) is 11.6 Å². The number of aromatic amines is 1. The van der Waals surface area contributed by atoms with Gasteiger partial charge in [-0.3, -0.25) is 15.1 Å². The van der Waals surface area contributed by atoms with Gasteiger partial charge in [-0.15, -0.1) is 0 Å². The Hall–Kier alpha value is -3.54. The quantitative estimate of drug-likeness (QED) is 0.194. The minimum Gasteiger partial charge on any atom is -0.382 e. The van der Waals surface area contributed by atoms with Crippen molar-refractivity contribution in [3.8, 4) is 0 Å². The maximum absolute atomic E-state index is 14.7. The van der Waals surface area contributed by atoms with E-state index in [9.17, 15) is 13.9 Å². The Morgan fingerprint density at radius 1 is 1.24 bits per heavy atom. The molecule has 5 N–H and O–H groups in total. The van der Waals surface area contributed by atoms with Crippen molar-refractivity contribution < 1.29 is 13.9 Å². The molecule has 0 saturated heterocycles. The SMILES string of the molecule is C[C@@H](N(N)C(=S)Nc1cnc2ccccc2c1)[C@@](O)(Cc1nc[nH]n1)c1ccc(F)cc1F. The van der Waals surface area contributed by atoms with Gasteiger partial charge in [0.05, 0.1) is 23.4 Å². The van der Waals surface area contributed by atoms with Crippen LogP contribution in [-0.2, 0) is 12.0 Å². The average molecular weight is 470 g/mol. The van der Waals surface area contributed by atoms with E-state index in [2.05, 4.69) is 25.5 Å². The molecule has 0 spiro atoms. The summed E-state index contributed by atoms with van der Waals surface area (Å²) in [5.41, 5.74) is -0.694. The summed E-state index contributed by atoms with van der Waals surface area (Å²) in [7, 11) is 0. The fourth-order valence-electron chi connectivity index (χ4n) is 3.60. The lowest BCUT2D eigenvalue weighted by Crippen LogP contribution is -2.57. The topological polar surface area (TPSA) is 116 Å². The molecule has 2 aromatic carbocycles. The van der Waals surface area contributed by atoms with Crippen molar-refractivity contribution in [1.82, 2.24) is 25.2 Å². The highest BCUT2D eigenvalue weighted by Gasteiger charge is 2.42. The summed E-state index contributed by atoms with van der Waals surface area (Å²) in [6.07, 6.45) is 2.74. The fraction of sp³-hybridized carbons (Fsp3) is 0.182. The van der Waals surface area contributed by atoms with Gasteiger partial charge in [0.25, 0.3) is 0 Å². The first kappa shape index (κ1) is 22.6. The number of benzene rings is 2. The number of thiocarbonyl (C=S) groups is 1. The normalized spacial score (nSPS) is 14.0. The lowest BCUT2D eigenvalue weighted by atomic mass is 9.83. The van der Waals surface area contributed by atoms with Gasteiger partial charge in [0.15, 0.2) is 10.9 Å². The van der Waals surface area contributed by atoms with E-state index in [-0.39, 0.29) is 22.9 Å². The zero-order valence-corrected chi connectivity index (χ0v) is 18.4. The van der Waals surface area contributed by atoms with Gasteiger partial charge in [-0.1, -0.05) is 24.3 Å². The Kier molecular flexibility index (Phi) is 6.27. The van der Waals surface area contributed by atoms with E-state index < -0.39 is 23.3 Å². The molecule has 8 nitrogen and oxygen atoms in total. The Labute approximate surface area is 193 Å². The summed E-state index contributed by atoms with van der Waals surface area (Å²) in [5.74, 6) is 4.79. The Morgan fingerprint density at radius 3 is 2.76 bits per heavy atom. The molecular formula is C22H21F2N7OS. The number of hydrogen-bond donors (Lipinski definition) is 4. The monoisotopic (exact) mass is 469 g/mol. The van der Waals surface area contributed by atoms with Crippen molar-refractivity contribution in [2.24, 2.45) is 5.84 Å². The van der Waals surface area contributed by atoms with Crippen LogP contribution in [0.5, 0.6) is 0 Å². The second-order valence-corrected chi connectivity index (χ2v) is 7.96. The first-order valence-corrected chi connectivity index (χ1v) is 10.4. The molecule has 4 aromatic rings. The number of nitrogens with one attached hydrogen (secondary N) is 2. The molecular weight excluding hydrogens is 448 g/mol. The Balaban J connectivity index is 1.62. The van der Waals surface area contributed by atoms with Gasteiger partial charge in [-0.05, 0) is 37.3 Å². The number of hydrogen-bond acceptors (Lipinski definition) is 6. The summed E-state index contributed by atoms with van der Waals surface area (Å²) in [6, 6.07) is 11.4. The molecule has 2 heterocycles. The number of hydrazine groups is 1. The zero-order chi connectivity index (χ0) is 23.6. The zero-order valence-electron chi connectivity index (χ0n) is 17.5. The van der Waals surface area contributed by atoms with Crippen LogP contribution in [0.15, 0.2) is 61.1 Å². The molecule has 33 heavy (non-hydrogen) atoms. The molecule has 0 amide bonds. The lowest BCUT2D eigenvalue weighted by Gasteiger charge is -2.39. The van der Waals surface area contributed by atoms with Crippen LogP contribution in [0.2, 0.25) is 0 Å². The van der Waals surface area contributed by atoms with Crippen molar-refractivity contribution in [3.05, 3.63) is 84.1 Å². The molecule has 0 aliphatic rings.